The average molecular weight is 419 g/mol. The highest BCUT2D eigenvalue weighted by Gasteiger charge is 2.38. The molecule has 0 aromatic carbocycles. The molecule has 0 aliphatic heterocycles. The fourth-order valence-corrected chi connectivity index (χ4v) is 5.09. The van der Waals surface area contributed by atoms with Crippen LogP contribution < -0.4 is 0 Å². The van der Waals surface area contributed by atoms with E-state index < -0.39 is 11.9 Å². The Balaban J connectivity index is 2.48. The molecule has 1 unspecified atom stereocenters. The summed E-state index contributed by atoms with van der Waals surface area (Å²) in [6, 6.07) is 1.84. The minimum Gasteiger partial charge on any atom is -0.477 e. The molecule has 0 bridgehead atoms. The maximum atomic E-state index is 13.7. The Bertz CT molecular complexity index is 760. The van der Waals surface area contributed by atoms with Gasteiger partial charge in [0, 0.05) is 24.9 Å². The zero-order chi connectivity index (χ0) is 21.6. The van der Waals surface area contributed by atoms with Gasteiger partial charge in [0.15, 0.2) is 0 Å². The van der Waals surface area contributed by atoms with Gasteiger partial charge >= 0.3 is 5.97 Å². The second kappa shape index (κ2) is 10.9. The van der Waals surface area contributed by atoms with Crippen molar-refractivity contribution in [3.63, 3.8) is 0 Å². The fourth-order valence-electron chi connectivity index (χ4n) is 4.18. The van der Waals surface area contributed by atoms with Crippen LogP contribution in [0.25, 0.3) is 0 Å². The van der Waals surface area contributed by atoms with Crippen LogP contribution in [0.5, 0.6) is 0 Å². The minimum absolute atomic E-state index is 0.00819. The van der Waals surface area contributed by atoms with Crippen LogP contribution in [0.15, 0.2) is 6.07 Å². The third-order valence-corrected chi connectivity index (χ3v) is 6.93. The van der Waals surface area contributed by atoms with Gasteiger partial charge in [-0.3, -0.25) is 4.79 Å². The van der Waals surface area contributed by atoms with E-state index in [1.165, 1.54) is 11.3 Å². The van der Waals surface area contributed by atoms with Crippen molar-refractivity contribution in [1.82, 2.24) is 0 Å². The Morgan fingerprint density at radius 3 is 2.45 bits per heavy atom. The predicted octanol–water partition coefficient (Wildman–Crippen LogP) is 5.61. The highest BCUT2D eigenvalue weighted by molar-refractivity contribution is 7.14. The van der Waals surface area contributed by atoms with Crippen LogP contribution in [-0.4, -0.2) is 30.6 Å². The molecule has 0 radical (unpaired) electrons. The SMILES string of the molecule is CC[C@H](COC)C(c1cc(C#CC(C)C)sc1C(=O)O)C(=O)[C@H]1CC[C@@H](C)CC1. The van der Waals surface area contributed by atoms with Gasteiger partial charge in [-0.15, -0.1) is 11.3 Å². The first kappa shape index (κ1) is 23.6. The molecule has 5 heteroatoms. The Morgan fingerprint density at radius 1 is 1.28 bits per heavy atom. The second-order valence-corrected chi connectivity index (χ2v) is 9.64. The molecule has 0 spiro atoms. The largest absolute Gasteiger partial charge is 0.477 e. The van der Waals surface area contributed by atoms with Gasteiger partial charge in [0.1, 0.15) is 10.7 Å². The zero-order valence-corrected chi connectivity index (χ0v) is 19.1. The topological polar surface area (TPSA) is 63.6 Å². The molecule has 0 amide bonds. The predicted molar refractivity (Wildman–Crippen MR) is 118 cm³/mol. The van der Waals surface area contributed by atoms with Crippen molar-refractivity contribution in [2.75, 3.05) is 13.7 Å². The summed E-state index contributed by atoms with van der Waals surface area (Å²) in [5.41, 5.74) is 0.628. The molecule has 1 aromatic heterocycles. The Hall–Kier alpha value is -1.64. The summed E-state index contributed by atoms with van der Waals surface area (Å²) in [5.74, 6) is 5.78. The number of rotatable bonds is 8. The first-order valence-electron chi connectivity index (χ1n) is 10.7. The van der Waals surface area contributed by atoms with Gasteiger partial charge in [-0.1, -0.05) is 58.8 Å². The Kier molecular flexibility index (Phi) is 8.92. The molecule has 0 saturated heterocycles. The zero-order valence-electron chi connectivity index (χ0n) is 18.3. The van der Waals surface area contributed by atoms with Crippen LogP contribution in [0.1, 0.15) is 85.8 Å². The van der Waals surface area contributed by atoms with E-state index in [1.807, 2.05) is 26.8 Å². The van der Waals surface area contributed by atoms with E-state index in [1.54, 1.807) is 7.11 Å². The van der Waals surface area contributed by atoms with Gasteiger partial charge in [0.2, 0.25) is 0 Å². The number of methoxy groups -OCH3 is 1. The van der Waals surface area contributed by atoms with Gasteiger partial charge in [-0.25, -0.2) is 4.79 Å². The lowest BCUT2D eigenvalue weighted by Gasteiger charge is -2.31. The quantitative estimate of drug-likeness (QED) is 0.558. The van der Waals surface area contributed by atoms with E-state index >= 15 is 0 Å². The molecule has 1 N–H and O–H groups in total. The van der Waals surface area contributed by atoms with Crippen molar-refractivity contribution in [3.8, 4) is 11.8 Å². The number of carboxylic acid groups (broad SMARTS) is 1. The molecular formula is C24H34O4S. The van der Waals surface area contributed by atoms with Crippen molar-refractivity contribution in [1.29, 1.82) is 0 Å². The molecule has 1 fully saturated rings. The van der Waals surface area contributed by atoms with Crippen LogP contribution >= 0.6 is 11.3 Å². The molecule has 2 atom stereocenters. The van der Waals surface area contributed by atoms with E-state index in [4.69, 9.17) is 4.74 Å². The van der Waals surface area contributed by atoms with Crippen molar-refractivity contribution < 1.29 is 19.4 Å². The van der Waals surface area contributed by atoms with Crippen LogP contribution in [0, 0.1) is 35.5 Å². The standard InChI is InChI=1S/C24H34O4S/c1-6-17(14-28-5)21(22(25)18-10-8-16(4)9-11-18)20-13-19(12-7-15(2)3)29-23(20)24(26)27/h13,15-18,21H,6,8-11,14H2,1-5H3,(H,26,27)/t16-,17-,18+,21?/m1/s1. The van der Waals surface area contributed by atoms with Gasteiger partial charge in [0.25, 0.3) is 0 Å². The number of carboxylic acids is 1. The van der Waals surface area contributed by atoms with Crippen molar-refractivity contribution >= 4 is 23.1 Å². The monoisotopic (exact) mass is 418 g/mol. The normalized spacial score (nSPS) is 21.3. The van der Waals surface area contributed by atoms with E-state index in [2.05, 4.69) is 18.8 Å². The third-order valence-electron chi connectivity index (χ3n) is 5.88. The first-order chi connectivity index (χ1) is 13.8. The first-order valence-corrected chi connectivity index (χ1v) is 11.5. The Labute approximate surface area is 179 Å². The molecule has 4 nitrogen and oxygen atoms in total. The number of hydrogen-bond donors (Lipinski definition) is 1. The number of ether oxygens (including phenoxy) is 1. The number of aromatic carboxylic acids is 1. The molecule has 29 heavy (non-hydrogen) atoms. The molecule has 1 aliphatic carbocycles. The molecule has 1 saturated carbocycles. The van der Waals surface area contributed by atoms with Crippen LogP contribution in [0.2, 0.25) is 0 Å². The van der Waals surface area contributed by atoms with Gasteiger partial charge in [-0.2, -0.15) is 0 Å². The van der Waals surface area contributed by atoms with Crippen molar-refractivity contribution in [3.05, 3.63) is 21.4 Å². The highest BCUT2D eigenvalue weighted by atomic mass is 32.1. The smallest absolute Gasteiger partial charge is 0.346 e. The summed E-state index contributed by atoms with van der Waals surface area (Å²) < 4.78 is 5.41. The molecule has 2 rings (SSSR count). The van der Waals surface area contributed by atoms with E-state index in [-0.39, 0.29) is 28.4 Å². The molecule has 1 aromatic rings. The fraction of sp³-hybridized carbons (Fsp3) is 0.667. The number of Topliss-reactive ketones (excluding diaryl/α,β-unsaturated/α-hetero) is 1. The molecular weight excluding hydrogens is 384 g/mol. The maximum Gasteiger partial charge on any atom is 0.346 e. The number of carbonyl (C=O) groups excluding carboxylic acids is 1. The third kappa shape index (κ3) is 6.17. The number of carbonyl (C=O) groups is 2. The van der Waals surface area contributed by atoms with E-state index in [9.17, 15) is 14.7 Å². The lowest BCUT2D eigenvalue weighted by molar-refractivity contribution is -0.127. The summed E-state index contributed by atoms with van der Waals surface area (Å²) in [4.78, 5) is 26.6. The highest BCUT2D eigenvalue weighted by Crippen LogP contribution is 2.40. The average Bonchev–Trinajstić information content (AvgIpc) is 3.10. The summed E-state index contributed by atoms with van der Waals surface area (Å²) >= 11 is 1.18. The lowest BCUT2D eigenvalue weighted by Crippen LogP contribution is -2.32. The van der Waals surface area contributed by atoms with Gasteiger partial charge in [-0.05, 0) is 36.3 Å². The van der Waals surface area contributed by atoms with E-state index in [0.29, 0.717) is 23.0 Å². The van der Waals surface area contributed by atoms with Gasteiger partial charge in [0.05, 0.1) is 11.5 Å². The Morgan fingerprint density at radius 2 is 1.93 bits per heavy atom. The lowest BCUT2D eigenvalue weighted by atomic mass is 9.72. The molecule has 1 aliphatic rings. The number of thiophene rings is 1. The maximum absolute atomic E-state index is 13.7. The summed E-state index contributed by atoms with van der Waals surface area (Å²) in [7, 11) is 1.64. The summed E-state index contributed by atoms with van der Waals surface area (Å²) in [6.45, 7) is 8.72. The number of hydrogen-bond acceptors (Lipinski definition) is 4. The van der Waals surface area contributed by atoms with Crippen molar-refractivity contribution in [2.45, 2.75) is 65.7 Å². The van der Waals surface area contributed by atoms with Gasteiger partial charge < -0.3 is 9.84 Å². The van der Waals surface area contributed by atoms with E-state index in [0.717, 1.165) is 32.1 Å². The summed E-state index contributed by atoms with van der Waals surface area (Å²) in [6.07, 6.45) is 4.67. The van der Waals surface area contributed by atoms with Crippen LogP contribution in [-0.2, 0) is 9.53 Å². The van der Waals surface area contributed by atoms with Crippen molar-refractivity contribution in [2.24, 2.45) is 23.7 Å². The number of ketones is 1. The molecule has 1 heterocycles. The minimum atomic E-state index is -0.982. The molecule has 160 valence electrons. The van der Waals surface area contributed by atoms with Crippen LogP contribution in [0.4, 0.5) is 0 Å². The van der Waals surface area contributed by atoms with Crippen LogP contribution in [0.3, 0.4) is 0 Å². The second-order valence-electron chi connectivity index (χ2n) is 8.58. The summed E-state index contributed by atoms with van der Waals surface area (Å²) in [5, 5.41) is 9.84.